The first-order valence-electron chi connectivity index (χ1n) is 6.50. The number of hydrogen-bond donors (Lipinski definition) is 4. The van der Waals surface area contributed by atoms with Crippen LogP contribution in [0.1, 0.15) is 27.7 Å². The lowest BCUT2D eigenvalue weighted by atomic mass is 10.1. The summed E-state index contributed by atoms with van der Waals surface area (Å²) in [6.07, 6.45) is -0.939. The van der Waals surface area contributed by atoms with Crippen LogP contribution in [-0.2, 0) is 4.74 Å². The Morgan fingerprint density at radius 1 is 1.33 bits per heavy atom. The quantitative estimate of drug-likeness (QED) is 0.552. The van der Waals surface area contributed by atoms with Crippen LogP contribution in [0.5, 0.6) is 0 Å². The summed E-state index contributed by atoms with van der Waals surface area (Å²) < 4.78 is 5.48. The van der Waals surface area contributed by atoms with Crippen LogP contribution in [-0.4, -0.2) is 54.6 Å². The van der Waals surface area contributed by atoms with E-state index in [1.165, 1.54) is 0 Å². The standard InChI is InChI=1S/C12H25N3O3/c1-7(2)14-9-6-18-10(11(9)16)5-13-12(17)15-8(3)4/h7-11,14,16H,5-6H2,1-4H3,(H2,13,15,17)/t9-,10-,11+/m1/s1. The number of urea groups is 1. The summed E-state index contributed by atoms with van der Waals surface area (Å²) in [5.41, 5.74) is 0. The fraction of sp³-hybridized carbons (Fsp3) is 0.917. The maximum absolute atomic E-state index is 11.4. The van der Waals surface area contributed by atoms with E-state index in [9.17, 15) is 9.90 Å². The number of rotatable bonds is 5. The third-order valence-electron chi connectivity index (χ3n) is 2.71. The second-order valence-electron chi connectivity index (χ2n) is 5.30. The molecular weight excluding hydrogens is 234 g/mol. The molecule has 1 aliphatic heterocycles. The number of nitrogens with one attached hydrogen (secondary N) is 3. The van der Waals surface area contributed by atoms with Crippen molar-refractivity contribution < 1.29 is 14.6 Å². The molecule has 0 saturated carbocycles. The van der Waals surface area contributed by atoms with Gasteiger partial charge in [-0.15, -0.1) is 0 Å². The maximum Gasteiger partial charge on any atom is 0.315 e. The summed E-state index contributed by atoms with van der Waals surface area (Å²) in [6.45, 7) is 8.61. The zero-order valence-corrected chi connectivity index (χ0v) is 11.6. The van der Waals surface area contributed by atoms with E-state index < -0.39 is 6.10 Å². The summed E-state index contributed by atoms with van der Waals surface area (Å²) in [5.74, 6) is 0. The Balaban J connectivity index is 2.30. The minimum atomic E-state index is -0.591. The smallest absolute Gasteiger partial charge is 0.315 e. The van der Waals surface area contributed by atoms with Crippen LogP contribution in [0.4, 0.5) is 4.79 Å². The van der Waals surface area contributed by atoms with Crippen LogP contribution in [0.25, 0.3) is 0 Å². The van der Waals surface area contributed by atoms with Crippen molar-refractivity contribution in [1.29, 1.82) is 0 Å². The molecule has 0 aromatic carbocycles. The van der Waals surface area contributed by atoms with Crippen LogP contribution in [0, 0.1) is 0 Å². The van der Waals surface area contributed by atoms with Crippen molar-refractivity contribution in [2.75, 3.05) is 13.2 Å². The second-order valence-corrected chi connectivity index (χ2v) is 5.30. The molecule has 0 aromatic heterocycles. The van der Waals surface area contributed by atoms with Crippen LogP contribution < -0.4 is 16.0 Å². The summed E-state index contributed by atoms with van der Waals surface area (Å²) in [4.78, 5) is 11.4. The van der Waals surface area contributed by atoms with Gasteiger partial charge in [0.15, 0.2) is 0 Å². The van der Waals surface area contributed by atoms with Crippen molar-refractivity contribution in [1.82, 2.24) is 16.0 Å². The molecule has 3 atom stereocenters. The van der Waals surface area contributed by atoms with E-state index in [1.807, 2.05) is 27.7 Å². The summed E-state index contributed by atoms with van der Waals surface area (Å²) in [7, 11) is 0. The van der Waals surface area contributed by atoms with Gasteiger partial charge >= 0.3 is 6.03 Å². The third kappa shape index (κ3) is 4.80. The van der Waals surface area contributed by atoms with Gasteiger partial charge in [-0.1, -0.05) is 13.8 Å². The summed E-state index contributed by atoms with van der Waals surface area (Å²) in [6, 6.07) is 0.0880. The summed E-state index contributed by atoms with van der Waals surface area (Å²) >= 11 is 0. The first kappa shape index (κ1) is 15.2. The average molecular weight is 259 g/mol. The minimum Gasteiger partial charge on any atom is -0.389 e. The molecule has 0 radical (unpaired) electrons. The van der Waals surface area contributed by atoms with Gasteiger partial charge < -0.3 is 25.8 Å². The Morgan fingerprint density at radius 3 is 2.56 bits per heavy atom. The average Bonchev–Trinajstić information content (AvgIpc) is 2.56. The SMILES string of the molecule is CC(C)NC(=O)NC[C@H]1OC[C@@H](NC(C)C)[C@@H]1O. The summed E-state index contributed by atoms with van der Waals surface area (Å²) in [5, 5.41) is 18.7. The van der Waals surface area contributed by atoms with Gasteiger partial charge in [-0.2, -0.15) is 0 Å². The van der Waals surface area contributed by atoms with Gasteiger partial charge in [0, 0.05) is 18.6 Å². The Morgan fingerprint density at radius 2 is 2.00 bits per heavy atom. The van der Waals surface area contributed by atoms with Crippen molar-refractivity contribution >= 4 is 6.03 Å². The number of hydrogen-bond acceptors (Lipinski definition) is 4. The molecule has 1 heterocycles. The lowest BCUT2D eigenvalue weighted by Crippen LogP contribution is -2.48. The molecule has 1 fully saturated rings. The predicted octanol–water partition coefficient (Wildman–Crippen LogP) is -0.180. The van der Waals surface area contributed by atoms with Crippen LogP contribution in [0.3, 0.4) is 0 Å². The second kappa shape index (κ2) is 6.92. The van der Waals surface area contributed by atoms with Gasteiger partial charge in [-0.25, -0.2) is 4.79 Å². The number of aliphatic hydroxyl groups is 1. The zero-order valence-electron chi connectivity index (χ0n) is 11.6. The number of carbonyl (C=O) groups is 1. The third-order valence-corrected chi connectivity index (χ3v) is 2.71. The van der Waals surface area contributed by atoms with E-state index in [0.29, 0.717) is 19.2 Å². The Bertz CT molecular complexity index is 271. The van der Waals surface area contributed by atoms with Gasteiger partial charge in [0.1, 0.15) is 6.10 Å². The van der Waals surface area contributed by atoms with Crippen LogP contribution in [0.2, 0.25) is 0 Å². The lowest BCUT2D eigenvalue weighted by Gasteiger charge is -2.20. The highest BCUT2D eigenvalue weighted by atomic mass is 16.5. The van der Waals surface area contributed by atoms with Gasteiger partial charge in [0.25, 0.3) is 0 Å². The maximum atomic E-state index is 11.4. The van der Waals surface area contributed by atoms with Crippen molar-refractivity contribution in [3.63, 3.8) is 0 Å². The van der Waals surface area contributed by atoms with Crippen molar-refractivity contribution in [2.24, 2.45) is 0 Å². The van der Waals surface area contributed by atoms with Crippen LogP contribution in [0.15, 0.2) is 0 Å². The monoisotopic (exact) mass is 259 g/mol. The number of ether oxygens (including phenoxy) is 1. The molecule has 18 heavy (non-hydrogen) atoms. The normalized spacial score (nSPS) is 27.8. The molecule has 0 bridgehead atoms. The zero-order chi connectivity index (χ0) is 13.7. The Hall–Kier alpha value is -0.850. The van der Waals surface area contributed by atoms with Gasteiger partial charge in [-0.05, 0) is 13.8 Å². The molecule has 0 aromatic rings. The van der Waals surface area contributed by atoms with E-state index in [-0.39, 0.29) is 24.2 Å². The van der Waals surface area contributed by atoms with E-state index in [1.54, 1.807) is 0 Å². The largest absolute Gasteiger partial charge is 0.389 e. The number of amides is 2. The molecule has 1 aliphatic rings. The van der Waals surface area contributed by atoms with Crippen molar-refractivity contribution in [3.8, 4) is 0 Å². The first-order valence-corrected chi connectivity index (χ1v) is 6.50. The molecule has 0 spiro atoms. The molecule has 1 saturated heterocycles. The van der Waals surface area contributed by atoms with E-state index in [2.05, 4.69) is 16.0 Å². The topological polar surface area (TPSA) is 82.6 Å². The van der Waals surface area contributed by atoms with E-state index in [4.69, 9.17) is 4.74 Å². The predicted molar refractivity (Wildman–Crippen MR) is 69.5 cm³/mol. The van der Waals surface area contributed by atoms with Crippen molar-refractivity contribution in [3.05, 3.63) is 0 Å². The highest BCUT2D eigenvalue weighted by Crippen LogP contribution is 2.14. The molecule has 0 unspecified atom stereocenters. The Labute approximate surface area is 108 Å². The van der Waals surface area contributed by atoms with Crippen LogP contribution >= 0.6 is 0 Å². The molecule has 2 amide bonds. The Kier molecular flexibility index (Phi) is 5.84. The number of carbonyl (C=O) groups excluding carboxylic acids is 1. The highest BCUT2D eigenvalue weighted by molar-refractivity contribution is 5.74. The number of aliphatic hydroxyl groups excluding tert-OH is 1. The molecule has 4 N–H and O–H groups in total. The molecule has 6 nitrogen and oxygen atoms in total. The first-order chi connectivity index (χ1) is 8.40. The molecule has 0 aliphatic carbocycles. The van der Waals surface area contributed by atoms with E-state index >= 15 is 0 Å². The van der Waals surface area contributed by atoms with Gasteiger partial charge in [-0.3, -0.25) is 0 Å². The molecule has 6 heteroatoms. The lowest BCUT2D eigenvalue weighted by molar-refractivity contribution is 0.0423. The molecule has 106 valence electrons. The molecular formula is C12H25N3O3. The van der Waals surface area contributed by atoms with Gasteiger partial charge in [0.05, 0.1) is 18.8 Å². The van der Waals surface area contributed by atoms with E-state index in [0.717, 1.165) is 0 Å². The fourth-order valence-corrected chi connectivity index (χ4v) is 1.94. The fourth-order valence-electron chi connectivity index (χ4n) is 1.94. The van der Waals surface area contributed by atoms with Crippen molar-refractivity contribution in [2.45, 2.75) is 58.0 Å². The highest BCUT2D eigenvalue weighted by Gasteiger charge is 2.35. The minimum absolute atomic E-state index is 0.0649. The molecule has 1 rings (SSSR count). The van der Waals surface area contributed by atoms with Gasteiger partial charge in [0.2, 0.25) is 0 Å².